The van der Waals surface area contributed by atoms with Gasteiger partial charge in [-0.05, 0) is 108 Å². The summed E-state index contributed by atoms with van der Waals surface area (Å²) in [5.41, 5.74) is 25.7. The smallest absolute Gasteiger partial charge is 0.271 e. The number of nitrogens with two attached hydrogens (primary N) is 3. The molecule has 27 heteroatoms. The van der Waals surface area contributed by atoms with Crippen LogP contribution in [0.2, 0.25) is 0 Å². The van der Waals surface area contributed by atoms with Crippen LogP contribution in [0.5, 0.6) is 0 Å². The number of pyridine rings is 3. The zero-order valence-electron chi connectivity index (χ0n) is 47.8. The lowest BCUT2D eigenvalue weighted by atomic mass is 10.0. The van der Waals surface area contributed by atoms with Gasteiger partial charge in [-0.25, -0.2) is 15.0 Å². The minimum atomic E-state index is -0.273. The Morgan fingerprint density at radius 2 is 0.701 bits per heavy atom. The zero-order chi connectivity index (χ0) is 62.1. The lowest BCUT2D eigenvalue weighted by Gasteiger charge is -2.09. The van der Waals surface area contributed by atoms with E-state index in [4.69, 9.17) is 33.0 Å². The van der Waals surface area contributed by atoms with Crippen molar-refractivity contribution in [1.29, 1.82) is 15.8 Å². The third-order valence-corrected chi connectivity index (χ3v) is 15.1. The van der Waals surface area contributed by atoms with Crippen molar-refractivity contribution in [2.24, 2.45) is 56.7 Å². The predicted molar refractivity (Wildman–Crippen MR) is 323 cm³/mol. The average Bonchev–Trinajstić information content (AvgIpc) is 2.57. The maximum atomic E-state index is 12.2. The molecule has 0 radical (unpaired) electrons. The number of nitrogens with zero attached hydrogens (tertiary/aromatic N) is 12. The van der Waals surface area contributed by atoms with E-state index in [-0.39, 0.29) is 71.0 Å². The first-order chi connectivity index (χ1) is 41.7. The fraction of sp³-hybridized carbons (Fsp3) is 0.250. The van der Waals surface area contributed by atoms with Crippen molar-refractivity contribution in [2.75, 3.05) is 54.3 Å². The molecule has 438 valence electrons. The number of anilines is 6. The first-order valence-corrected chi connectivity index (χ1v) is 27.2. The molecule has 12 N–H and O–H groups in total. The van der Waals surface area contributed by atoms with Crippen molar-refractivity contribution in [3.63, 3.8) is 0 Å². The number of nitrogens with one attached hydrogen (secondary N) is 6. The van der Waals surface area contributed by atoms with Crippen LogP contribution in [-0.4, -0.2) is 101 Å². The molecule has 12 rings (SSSR count). The van der Waals surface area contributed by atoms with Gasteiger partial charge in [0.15, 0.2) is 17.1 Å². The number of aryl methyl sites for hydroxylation is 3. The highest BCUT2D eigenvalue weighted by atomic mass is 16.2. The molecule has 6 aromatic heterocycles. The minimum Gasteiger partial charge on any atom is -0.398 e. The van der Waals surface area contributed by atoms with Gasteiger partial charge in [-0.1, -0.05) is 0 Å². The number of benzene rings is 3. The van der Waals surface area contributed by atoms with Crippen LogP contribution < -0.4 is 49.1 Å². The van der Waals surface area contributed by atoms with E-state index in [9.17, 15) is 28.8 Å². The van der Waals surface area contributed by atoms with Crippen molar-refractivity contribution in [3.8, 4) is 52.0 Å². The highest BCUT2D eigenvalue weighted by Crippen LogP contribution is 2.41. The summed E-state index contributed by atoms with van der Waals surface area (Å²) in [7, 11) is 9.90. The van der Waals surface area contributed by atoms with Crippen molar-refractivity contribution in [2.45, 2.75) is 19.3 Å². The van der Waals surface area contributed by atoms with E-state index < -0.39 is 0 Å². The van der Waals surface area contributed by atoms with Crippen molar-refractivity contribution in [1.82, 2.24) is 60.2 Å². The van der Waals surface area contributed by atoms with Gasteiger partial charge in [0.2, 0.25) is 17.7 Å². The summed E-state index contributed by atoms with van der Waals surface area (Å²) in [4.78, 5) is 85.0. The van der Waals surface area contributed by atoms with E-state index >= 15 is 0 Å². The monoisotopic (exact) mass is 1170 g/mol. The number of carbonyl (C=O) groups excluding carboxylic acids is 6. The van der Waals surface area contributed by atoms with Crippen LogP contribution in [0.15, 0.2) is 91.4 Å². The molecule has 2 unspecified atom stereocenters. The third-order valence-electron chi connectivity index (χ3n) is 15.1. The SMILES string of the molecule is CNC(=O)c1cc(-c2cc(N)c3cnc(NC(=O)C4CC4C#N)cc3c2)n(C)n1.CNC(=O)c1cc(-c2cc(N)c3cnc(NC(=O)[C@@H]4C[C@H]4C#N)cc3c2)n(C)n1.CNC(=O)c1cc(-c2cc(N)c3cnc(NC(=O)[C@H]4C[C@@H]4C#N)cc3c2)n(C)n1. The fourth-order valence-corrected chi connectivity index (χ4v) is 9.98. The van der Waals surface area contributed by atoms with Crippen LogP contribution >= 0.6 is 0 Å². The van der Waals surface area contributed by atoms with Gasteiger partial charge in [0, 0.05) is 111 Å². The summed E-state index contributed by atoms with van der Waals surface area (Å²) >= 11 is 0. The van der Waals surface area contributed by atoms with E-state index in [0.29, 0.717) is 70.9 Å². The number of carbonyl (C=O) groups is 6. The Labute approximate surface area is 495 Å². The molecule has 3 aromatic carbocycles. The molecule has 6 atom stereocenters. The lowest BCUT2D eigenvalue weighted by molar-refractivity contribution is -0.118. The predicted octanol–water partition coefficient (Wildman–Crippen LogP) is 5.03. The van der Waals surface area contributed by atoms with Crippen LogP contribution in [-0.2, 0) is 35.5 Å². The van der Waals surface area contributed by atoms with Gasteiger partial charge in [-0.2, -0.15) is 31.1 Å². The molecule has 0 saturated heterocycles. The number of amides is 6. The highest BCUT2D eigenvalue weighted by Gasteiger charge is 2.45. The lowest BCUT2D eigenvalue weighted by Crippen LogP contribution is -2.18. The van der Waals surface area contributed by atoms with Crippen LogP contribution in [0, 0.1) is 69.5 Å². The second kappa shape index (κ2) is 23.8. The Morgan fingerprint density at radius 3 is 0.931 bits per heavy atom. The highest BCUT2D eigenvalue weighted by molar-refractivity contribution is 6.04. The Balaban J connectivity index is 0.000000144. The zero-order valence-corrected chi connectivity index (χ0v) is 47.8. The standard InChI is InChI=1S/3C20H19N7O2/c3*1-23-20(29)16-7-17(27(2)26-16)11-3-10-6-18(24-9-14(10)15(22)5-11)25-19(28)13-4-12(13)8-21/h3*3,5-7,9,12-13H,4,22H2,1-2H3,(H,23,29)(H,24,25,28)/t2*12-,13+;/m10./s1. The number of hydrogen-bond donors (Lipinski definition) is 9. The maximum absolute atomic E-state index is 12.2. The van der Waals surface area contributed by atoms with Gasteiger partial charge in [-0.3, -0.25) is 42.8 Å². The molecule has 6 amide bonds. The Kier molecular flexibility index (Phi) is 16.0. The first-order valence-electron chi connectivity index (χ1n) is 27.2. The number of aromatic nitrogens is 9. The number of rotatable bonds is 12. The summed E-state index contributed by atoms with van der Waals surface area (Å²) in [6.45, 7) is 0. The number of nitriles is 3. The van der Waals surface area contributed by atoms with Crippen LogP contribution in [0.3, 0.4) is 0 Å². The summed E-state index contributed by atoms with van der Waals surface area (Å²) in [5.74, 6) is -1.66. The third kappa shape index (κ3) is 12.3. The largest absolute Gasteiger partial charge is 0.398 e. The molecule has 9 aromatic rings. The molecule has 0 bridgehead atoms. The Bertz CT molecular complexity index is 4020. The molecular formula is C60H57N21O6. The fourth-order valence-electron chi connectivity index (χ4n) is 9.98. The van der Waals surface area contributed by atoms with Crippen molar-refractivity contribution < 1.29 is 28.8 Å². The quantitative estimate of drug-likeness (QED) is 0.0724. The number of nitrogen functional groups attached to an aromatic ring is 3. The molecule has 3 aliphatic rings. The molecule has 87 heavy (non-hydrogen) atoms. The Hall–Kier alpha value is -11.8. The van der Waals surface area contributed by atoms with Gasteiger partial charge in [0.05, 0.1) is 70.8 Å². The average molecular weight is 1170 g/mol. The van der Waals surface area contributed by atoms with Gasteiger partial charge in [0.1, 0.15) is 17.5 Å². The van der Waals surface area contributed by atoms with Gasteiger partial charge in [0.25, 0.3) is 17.7 Å². The van der Waals surface area contributed by atoms with Crippen LogP contribution in [0.25, 0.3) is 66.1 Å². The molecule has 0 spiro atoms. The van der Waals surface area contributed by atoms with Crippen molar-refractivity contribution >= 4 is 102 Å². The van der Waals surface area contributed by atoms with Gasteiger partial charge >= 0.3 is 0 Å². The van der Waals surface area contributed by atoms with E-state index in [1.54, 1.807) is 130 Å². The van der Waals surface area contributed by atoms with E-state index in [1.807, 2.05) is 18.2 Å². The van der Waals surface area contributed by atoms with Gasteiger partial charge < -0.3 is 49.1 Å². The van der Waals surface area contributed by atoms with Gasteiger partial charge in [-0.15, -0.1) is 0 Å². The Morgan fingerprint density at radius 1 is 0.437 bits per heavy atom. The van der Waals surface area contributed by atoms with E-state index in [0.717, 1.165) is 66.1 Å². The summed E-state index contributed by atoms with van der Waals surface area (Å²) in [5, 5.41) is 59.9. The van der Waals surface area contributed by atoms with Crippen molar-refractivity contribution in [3.05, 3.63) is 108 Å². The summed E-state index contributed by atoms with van der Waals surface area (Å²) in [6.07, 6.45) is 6.58. The molecule has 27 nitrogen and oxygen atoms in total. The van der Waals surface area contributed by atoms with Crippen LogP contribution in [0.4, 0.5) is 34.5 Å². The molecule has 3 saturated carbocycles. The summed E-state index contributed by atoms with van der Waals surface area (Å²) in [6, 6.07) is 27.7. The van der Waals surface area contributed by atoms with E-state index in [1.165, 1.54) is 0 Å². The first kappa shape index (κ1) is 58.4. The van der Waals surface area contributed by atoms with Crippen LogP contribution in [0.1, 0.15) is 50.7 Å². The second-order valence-electron chi connectivity index (χ2n) is 21.1. The number of fused-ring (bicyclic) bond motifs is 3. The topological polar surface area (TPSA) is 416 Å². The normalized spacial score (nSPS) is 17.6. The van der Waals surface area contributed by atoms with E-state index in [2.05, 4.69) is 80.4 Å². The maximum Gasteiger partial charge on any atom is 0.271 e. The second-order valence-corrected chi connectivity index (χ2v) is 21.1. The minimum absolute atomic E-state index is 0.200. The molecule has 6 heterocycles. The molecule has 0 aliphatic heterocycles. The molecule has 3 aliphatic carbocycles. The molecule has 3 fully saturated rings. The number of hydrogen-bond acceptors (Lipinski definition) is 18. The molecular weight excluding hydrogens is 1110 g/mol. The summed E-state index contributed by atoms with van der Waals surface area (Å²) < 4.78 is 4.85.